The van der Waals surface area contributed by atoms with Gasteiger partial charge < -0.3 is 14.2 Å². The SMILES string of the molecule is CC(C)(C)OC(=O)N(CCOCCOCCN=[N+]=[N-])c1ccc(-c2ccc3ccccc3n2)cc1. The summed E-state index contributed by atoms with van der Waals surface area (Å²) in [6.45, 7) is 7.51. The lowest BCUT2D eigenvalue weighted by atomic mass is 10.1. The van der Waals surface area contributed by atoms with Gasteiger partial charge in [-0.3, -0.25) is 4.90 Å². The lowest BCUT2D eigenvalue weighted by Gasteiger charge is -2.27. The van der Waals surface area contributed by atoms with E-state index in [4.69, 9.17) is 24.7 Å². The lowest BCUT2D eigenvalue weighted by molar-refractivity contribution is 0.0464. The van der Waals surface area contributed by atoms with Crippen molar-refractivity contribution in [1.82, 2.24) is 4.98 Å². The molecule has 0 saturated carbocycles. The largest absolute Gasteiger partial charge is 0.443 e. The summed E-state index contributed by atoms with van der Waals surface area (Å²) in [6.07, 6.45) is -0.441. The maximum atomic E-state index is 12.9. The van der Waals surface area contributed by atoms with Crippen molar-refractivity contribution < 1.29 is 19.0 Å². The molecule has 0 aliphatic heterocycles. The first-order valence-corrected chi connectivity index (χ1v) is 11.5. The van der Waals surface area contributed by atoms with Crippen LogP contribution < -0.4 is 4.90 Å². The Morgan fingerprint density at radius 3 is 2.40 bits per heavy atom. The van der Waals surface area contributed by atoms with Crippen LogP contribution in [0.15, 0.2) is 65.8 Å². The monoisotopic (exact) mass is 477 g/mol. The minimum absolute atomic E-state index is 0.285. The maximum absolute atomic E-state index is 12.9. The second kappa shape index (κ2) is 12.7. The summed E-state index contributed by atoms with van der Waals surface area (Å²) in [7, 11) is 0. The smallest absolute Gasteiger partial charge is 0.414 e. The number of hydrogen-bond acceptors (Lipinski definition) is 6. The molecule has 0 N–H and O–H groups in total. The van der Waals surface area contributed by atoms with Crippen molar-refractivity contribution in [2.24, 2.45) is 5.11 Å². The third kappa shape index (κ3) is 8.26. The van der Waals surface area contributed by atoms with Gasteiger partial charge in [0, 0.05) is 28.1 Å². The number of fused-ring (bicyclic) bond motifs is 1. The summed E-state index contributed by atoms with van der Waals surface area (Å²) in [6, 6.07) is 19.7. The van der Waals surface area contributed by atoms with Crippen molar-refractivity contribution in [3.05, 3.63) is 71.1 Å². The van der Waals surface area contributed by atoms with Crippen LogP contribution in [0, 0.1) is 0 Å². The first-order valence-electron chi connectivity index (χ1n) is 11.5. The minimum Gasteiger partial charge on any atom is -0.443 e. The third-order valence-corrected chi connectivity index (χ3v) is 4.92. The number of ether oxygens (including phenoxy) is 3. The average molecular weight is 478 g/mol. The van der Waals surface area contributed by atoms with Gasteiger partial charge in [-0.1, -0.05) is 41.5 Å². The first-order chi connectivity index (χ1) is 16.9. The third-order valence-electron chi connectivity index (χ3n) is 4.92. The molecule has 0 aliphatic rings. The van der Waals surface area contributed by atoms with Gasteiger partial charge in [0.15, 0.2) is 0 Å². The van der Waals surface area contributed by atoms with Gasteiger partial charge in [-0.05, 0) is 50.6 Å². The minimum atomic E-state index is -0.620. The fourth-order valence-electron chi connectivity index (χ4n) is 3.31. The van der Waals surface area contributed by atoms with Gasteiger partial charge in [-0.2, -0.15) is 0 Å². The Morgan fingerprint density at radius 1 is 0.971 bits per heavy atom. The second-order valence-corrected chi connectivity index (χ2v) is 8.75. The molecule has 9 heteroatoms. The van der Waals surface area contributed by atoms with Crippen molar-refractivity contribution in [1.29, 1.82) is 0 Å². The zero-order valence-electron chi connectivity index (χ0n) is 20.4. The molecule has 0 bridgehead atoms. The standard InChI is InChI=1S/C26H31N5O4/c1-26(2,3)35-25(32)31(15-17-34-19-18-33-16-14-28-30-27)22-11-8-21(9-12-22)24-13-10-20-6-4-5-7-23(20)29-24/h4-13H,14-19H2,1-3H3. The van der Waals surface area contributed by atoms with Crippen LogP contribution in [0.5, 0.6) is 0 Å². The molecule has 0 aliphatic carbocycles. The maximum Gasteiger partial charge on any atom is 0.414 e. The van der Waals surface area contributed by atoms with Gasteiger partial charge in [0.25, 0.3) is 0 Å². The second-order valence-electron chi connectivity index (χ2n) is 8.75. The molecule has 9 nitrogen and oxygen atoms in total. The fraction of sp³-hybridized carbons (Fsp3) is 0.385. The van der Waals surface area contributed by atoms with Gasteiger partial charge in [-0.15, -0.1) is 0 Å². The van der Waals surface area contributed by atoms with Crippen molar-refractivity contribution in [2.45, 2.75) is 26.4 Å². The Hall–Kier alpha value is -3.65. The predicted molar refractivity (Wildman–Crippen MR) is 136 cm³/mol. The summed E-state index contributed by atoms with van der Waals surface area (Å²) in [4.78, 5) is 21.9. The van der Waals surface area contributed by atoms with E-state index in [0.717, 1.165) is 22.2 Å². The van der Waals surface area contributed by atoms with Crippen molar-refractivity contribution in [2.75, 3.05) is 44.4 Å². The number of benzene rings is 2. The van der Waals surface area contributed by atoms with E-state index < -0.39 is 11.7 Å². The molecule has 2 aromatic carbocycles. The van der Waals surface area contributed by atoms with Crippen LogP contribution in [0.3, 0.4) is 0 Å². The Kier molecular flexibility index (Phi) is 9.43. The number of hydrogen-bond donors (Lipinski definition) is 0. The predicted octanol–water partition coefficient (Wildman–Crippen LogP) is 5.99. The van der Waals surface area contributed by atoms with Crippen molar-refractivity contribution in [3.63, 3.8) is 0 Å². The summed E-state index contributed by atoms with van der Waals surface area (Å²) in [5, 5.41) is 4.49. The van der Waals surface area contributed by atoms with E-state index in [9.17, 15) is 4.79 Å². The highest BCUT2D eigenvalue weighted by Crippen LogP contribution is 2.25. The molecule has 0 spiro atoms. The Labute approximate surface area is 205 Å². The number of amides is 1. The number of aromatic nitrogens is 1. The number of carbonyl (C=O) groups is 1. The van der Waals surface area contributed by atoms with Crippen LogP contribution in [0.4, 0.5) is 10.5 Å². The van der Waals surface area contributed by atoms with E-state index in [1.807, 2.05) is 75.4 Å². The van der Waals surface area contributed by atoms with Crippen LogP contribution in [-0.2, 0) is 14.2 Å². The molecule has 35 heavy (non-hydrogen) atoms. The van der Waals surface area contributed by atoms with Gasteiger partial charge in [0.1, 0.15) is 5.60 Å². The molecule has 184 valence electrons. The number of para-hydroxylation sites is 1. The normalized spacial score (nSPS) is 11.2. The Morgan fingerprint density at radius 2 is 1.69 bits per heavy atom. The first kappa shape index (κ1) is 26.0. The van der Waals surface area contributed by atoms with E-state index >= 15 is 0 Å². The molecule has 0 radical (unpaired) electrons. The summed E-state index contributed by atoms with van der Waals surface area (Å²) in [5.74, 6) is 0. The molecular weight excluding hydrogens is 446 g/mol. The van der Waals surface area contributed by atoms with Crippen LogP contribution >= 0.6 is 0 Å². The van der Waals surface area contributed by atoms with Crippen LogP contribution in [-0.4, -0.2) is 56.2 Å². The van der Waals surface area contributed by atoms with Gasteiger partial charge in [-0.25, -0.2) is 9.78 Å². The Balaban J connectivity index is 1.64. The number of nitrogens with zero attached hydrogens (tertiary/aromatic N) is 5. The lowest BCUT2D eigenvalue weighted by Crippen LogP contribution is -2.39. The number of anilines is 1. The Bertz CT molecular complexity index is 1150. The van der Waals surface area contributed by atoms with Gasteiger partial charge >= 0.3 is 6.09 Å². The average Bonchev–Trinajstić information content (AvgIpc) is 2.84. The van der Waals surface area contributed by atoms with Crippen LogP contribution in [0.25, 0.3) is 32.6 Å². The van der Waals surface area contributed by atoms with E-state index in [0.29, 0.717) is 38.7 Å². The molecule has 1 amide bonds. The molecule has 3 aromatic rings. The van der Waals surface area contributed by atoms with E-state index in [2.05, 4.69) is 16.1 Å². The van der Waals surface area contributed by atoms with Gasteiger partial charge in [0.05, 0.1) is 44.2 Å². The van der Waals surface area contributed by atoms with E-state index in [1.54, 1.807) is 4.90 Å². The molecular formula is C26H31N5O4. The fourth-order valence-corrected chi connectivity index (χ4v) is 3.31. The highest BCUT2D eigenvalue weighted by molar-refractivity contribution is 5.88. The van der Waals surface area contributed by atoms with E-state index in [-0.39, 0.29) is 6.54 Å². The van der Waals surface area contributed by atoms with Crippen LogP contribution in [0.1, 0.15) is 20.8 Å². The summed E-state index contributed by atoms with van der Waals surface area (Å²) >= 11 is 0. The highest BCUT2D eigenvalue weighted by Gasteiger charge is 2.23. The summed E-state index contributed by atoms with van der Waals surface area (Å²) in [5.41, 5.74) is 11.1. The molecule has 0 atom stereocenters. The number of pyridine rings is 1. The van der Waals surface area contributed by atoms with Gasteiger partial charge in [0.2, 0.25) is 0 Å². The molecule has 1 aromatic heterocycles. The number of azide groups is 1. The molecule has 0 saturated heterocycles. The topological polar surface area (TPSA) is 110 Å². The number of rotatable bonds is 11. The zero-order chi connectivity index (χ0) is 25.1. The molecule has 1 heterocycles. The van der Waals surface area contributed by atoms with Crippen molar-refractivity contribution >= 4 is 22.7 Å². The molecule has 3 rings (SSSR count). The van der Waals surface area contributed by atoms with Crippen molar-refractivity contribution in [3.8, 4) is 11.3 Å². The molecule has 0 unspecified atom stereocenters. The quantitative estimate of drug-likeness (QED) is 0.146. The van der Waals surface area contributed by atoms with E-state index in [1.165, 1.54) is 0 Å². The zero-order valence-corrected chi connectivity index (χ0v) is 20.4. The summed E-state index contributed by atoms with van der Waals surface area (Å²) < 4.78 is 16.5. The highest BCUT2D eigenvalue weighted by atomic mass is 16.6. The molecule has 0 fully saturated rings. The number of carbonyl (C=O) groups excluding carboxylic acids is 1. The van der Waals surface area contributed by atoms with Crippen LogP contribution in [0.2, 0.25) is 0 Å².